The molecule has 0 unspecified atom stereocenters. The standard InChI is InChI=1S/C16H24FN3/c1-16(2)7-3-9-20(11-16)15-14(17)12(6-8-18-15)10-19-13-4-5-13/h6,8,13,19H,3-5,7,9-11H2,1-2H3. The SMILES string of the molecule is CC1(C)CCCN(c2nccc(CNC3CC3)c2F)C1. The van der Waals surface area contributed by atoms with Crippen molar-refractivity contribution in [1.29, 1.82) is 0 Å². The summed E-state index contributed by atoms with van der Waals surface area (Å²) in [5.74, 6) is 0.395. The van der Waals surface area contributed by atoms with Crippen molar-refractivity contribution in [3.05, 3.63) is 23.6 Å². The molecular formula is C16H24FN3. The molecule has 4 heteroatoms. The molecule has 2 heterocycles. The maximum absolute atomic E-state index is 14.6. The molecule has 0 bridgehead atoms. The van der Waals surface area contributed by atoms with Gasteiger partial charge in [-0.05, 0) is 37.2 Å². The van der Waals surface area contributed by atoms with E-state index in [2.05, 4.69) is 29.0 Å². The van der Waals surface area contributed by atoms with Gasteiger partial charge >= 0.3 is 0 Å². The second kappa shape index (κ2) is 5.32. The second-order valence-electron chi connectivity index (χ2n) is 6.95. The summed E-state index contributed by atoms with van der Waals surface area (Å²) in [6.07, 6.45) is 6.50. The average molecular weight is 277 g/mol. The van der Waals surface area contributed by atoms with E-state index in [9.17, 15) is 4.39 Å². The van der Waals surface area contributed by atoms with Crippen LogP contribution < -0.4 is 10.2 Å². The van der Waals surface area contributed by atoms with Crippen molar-refractivity contribution in [3.8, 4) is 0 Å². The van der Waals surface area contributed by atoms with Crippen molar-refractivity contribution >= 4 is 5.82 Å². The van der Waals surface area contributed by atoms with E-state index in [0.717, 1.165) is 25.1 Å². The maximum Gasteiger partial charge on any atom is 0.170 e. The molecule has 0 spiro atoms. The molecule has 1 aromatic rings. The zero-order chi connectivity index (χ0) is 14.2. The summed E-state index contributed by atoms with van der Waals surface area (Å²) in [7, 11) is 0. The van der Waals surface area contributed by atoms with Gasteiger partial charge in [0.1, 0.15) is 0 Å². The zero-order valence-corrected chi connectivity index (χ0v) is 12.5. The van der Waals surface area contributed by atoms with Gasteiger partial charge in [0.25, 0.3) is 0 Å². The minimum Gasteiger partial charge on any atom is -0.354 e. The monoisotopic (exact) mass is 277 g/mol. The highest BCUT2D eigenvalue weighted by Crippen LogP contribution is 2.32. The largest absolute Gasteiger partial charge is 0.354 e. The maximum atomic E-state index is 14.6. The number of hydrogen-bond donors (Lipinski definition) is 1. The van der Waals surface area contributed by atoms with E-state index in [1.807, 2.05) is 0 Å². The number of halogens is 1. The summed E-state index contributed by atoms with van der Waals surface area (Å²) >= 11 is 0. The number of pyridine rings is 1. The first kappa shape index (κ1) is 13.8. The fraction of sp³-hybridized carbons (Fsp3) is 0.688. The molecule has 1 saturated carbocycles. The normalized spacial score (nSPS) is 22.1. The first-order valence-electron chi connectivity index (χ1n) is 7.67. The van der Waals surface area contributed by atoms with Crippen LogP contribution in [0.3, 0.4) is 0 Å². The molecule has 3 rings (SSSR count). The van der Waals surface area contributed by atoms with E-state index in [1.54, 1.807) is 12.3 Å². The molecule has 1 saturated heterocycles. The van der Waals surface area contributed by atoms with Gasteiger partial charge in [-0.25, -0.2) is 9.37 Å². The van der Waals surface area contributed by atoms with Gasteiger partial charge < -0.3 is 10.2 Å². The van der Waals surface area contributed by atoms with Crippen molar-refractivity contribution in [2.45, 2.75) is 52.1 Å². The molecule has 0 radical (unpaired) electrons. The molecule has 1 aliphatic heterocycles. The number of nitrogens with zero attached hydrogens (tertiary/aromatic N) is 2. The molecule has 1 N–H and O–H groups in total. The van der Waals surface area contributed by atoms with Crippen molar-refractivity contribution in [2.75, 3.05) is 18.0 Å². The van der Waals surface area contributed by atoms with E-state index < -0.39 is 0 Å². The smallest absolute Gasteiger partial charge is 0.170 e. The van der Waals surface area contributed by atoms with E-state index in [4.69, 9.17) is 0 Å². The Kier molecular flexibility index (Phi) is 3.67. The lowest BCUT2D eigenvalue weighted by molar-refractivity contribution is 0.290. The molecule has 0 atom stereocenters. The Labute approximate surface area is 120 Å². The fourth-order valence-corrected chi connectivity index (χ4v) is 2.97. The number of piperidine rings is 1. The third kappa shape index (κ3) is 3.11. The molecule has 110 valence electrons. The van der Waals surface area contributed by atoms with Crippen LogP contribution in [0.1, 0.15) is 45.1 Å². The van der Waals surface area contributed by atoms with Crippen LogP contribution in [-0.4, -0.2) is 24.1 Å². The lowest BCUT2D eigenvalue weighted by Crippen LogP contribution is -2.41. The first-order valence-corrected chi connectivity index (χ1v) is 7.67. The summed E-state index contributed by atoms with van der Waals surface area (Å²) < 4.78 is 14.6. The molecule has 3 nitrogen and oxygen atoms in total. The van der Waals surface area contributed by atoms with Crippen molar-refractivity contribution in [1.82, 2.24) is 10.3 Å². The number of nitrogens with one attached hydrogen (secondary N) is 1. The van der Waals surface area contributed by atoms with Crippen LogP contribution in [0.2, 0.25) is 0 Å². The molecule has 2 aliphatic rings. The third-order valence-corrected chi connectivity index (χ3v) is 4.31. The molecule has 20 heavy (non-hydrogen) atoms. The van der Waals surface area contributed by atoms with E-state index >= 15 is 0 Å². The van der Waals surface area contributed by atoms with Gasteiger partial charge in [0.15, 0.2) is 11.6 Å². The highest BCUT2D eigenvalue weighted by Gasteiger charge is 2.29. The van der Waals surface area contributed by atoms with E-state index in [1.165, 1.54) is 19.3 Å². The van der Waals surface area contributed by atoms with E-state index in [-0.39, 0.29) is 11.2 Å². The summed E-state index contributed by atoms with van der Waals surface area (Å²) in [6.45, 7) is 6.90. The van der Waals surface area contributed by atoms with Crippen LogP contribution in [0.4, 0.5) is 10.2 Å². The zero-order valence-electron chi connectivity index (χ0n) is 12.5. The summed E-state index contributed by atoms with van der Waals surface area (Å²) in [4.78, 5) is 6.40. The minimum atomic E-state index is -0.140. The van der Waals surface area contributed by atoms with Gasteiger partial charge in [-0.2, -0.15) is 0 Å². The highest BCUT2D eigenvalue weighted by molar-refractivity contribution is 5.44. The van der Waals surface area contributed by atoms with Crippen LogP contribution in [-0.2, 0) is 6.54 Å². The Morgan fingerprint density at radius 2 is 2.25 bits per heavy atom. The van der Waals surface area contributed by atoms with Gasteiger partial charge in [0.05, 0.1) is 0 Å². The first-order chi connectivity index (χ1) is 9.55. The quantitative estimate of drug-likeness (QED) is 0.916. The van der Waals surface area contributed by atoms with E-state index in [0.29, 0.717) is 18.4 Å². The van der Waals surface area contributed by atoms with Gasteiger partial charge in [0, 0.05) is 37.4 Å². The van der Waals surface area contributed by atoms with Crippen LogP contribution >= 0.6 is 0 Å². The summed E-state index contributed by atoms with van der Waals surface area (Å²) in [5.41, 5.74) is 0.986. The van der Waals surface area contributed by atoms with Gasteiger partial charge in [-0.3, -0.25) is 0 Å². The molecule has 1 aromatic heterocycles. The number of anilines is 1. The minimum absolute atomic E-state index is 0.140. The molecule has 0 amide bonds. The lowest BCUT2D eigenvalue weighted by Gasteiger charge is -2.38. The topological polar surface area (TPSA) is 28.2 Å². The van der Waals surface area contributed by atoms with Crippen molar-refractivity contribution in [3.63, 3.8) is 0 Å². The van der Waals surface area contributed by atoms with Gasteiger partial charge in [0.2, 0.25) is 0 Å². The Morgan fingerprint density at radius 1 is 1.45 bits per heavy atom. The van der Waals surface area contributed by atoms with Crippen molar-refractivity contribution in [2.24, 2.45) is 5.41 Å². The van der Waals surface area contributed by atoms with Gasteiger partial charge in [-0.1, -0.05) is 13.8 Å². The lowest BCUT2D eigenvalue weighted by atomic mass is 9.84. The number of rotatable bonds is 4. The van der Waals surface area contributed by atoms with Gasteiger partial charge in [-0.15, -0.1) is 0 Å². The van der Waals surface area contributed by atoms with Crippen LogP contribution in [0.15, 0.2) is 12.3 Å². The third-order valence-electron chi connectivity index (χ3n) is 4.31. The van der Waals surface area contributed by atoms with Crippen LogP contribution in [0.5, 0.6) is 0 Å². The highest BCUT2D eigenvalue weighted by atomic mass is 19.1. The Morgan fingerprint density at radius 3 is 2.95 bits per heavy atom. The van der Waals surface area contributed by atoms with Crippen molar-refractivity contribution < 1.29 is 4.39 Å². The summed E-state index contributed by atoms with van der Waals surface area (Å²) in [5, 5.41) is 3.37. The Hall–Kier alpha value is -1.16. The number of aromatic nitrogens is 1. The molecule has 0 aromatic carbocycles. The Bertz CT molecular complexity index is 483. The summed E-state index contributed by atoms with van der Waals surface area (Å²) in [6, 6.07) is 2.39. The molecule has 1 aliphatic carbocycles. The molecule has 2 fully saturated rings. The fourth-order valence-electron chi connectivity index (χ4n) is 2.97. The predicted molar refractivity (Wildman–Crippen MR) is 79.3 cm³/mol. The van der Waals surface area contributed by atoms with Crippen LogP contribution in [0, 0.1) is 11.2 Å². The molecular weight excluding hydrogens is 253 g/mol. The average Bonchev–Trinajstić information content (AvgIpc) is 3.20. The van der Waals surface area contributed by atoms with Crippen LogP contribution in [0.25, 0.3) is 0 Å². The predicted octanol–water partition coefficient (Wildman–Crippen LogP) is 3.10. The Balaban J connectivity index is 1.76. The second-order valence-corrected chi connectivity index (χ2v) is 6.95. The number of hydrogen-bond acceptors (Lipinski definition) is 3.